The number of carbonyl (C=O) groups excluding carboxylic acids is 3. The SMILES string of the molecule is C=C/C=C\C(=C/C)N1C(=O)/C(=C/c2cc(Cl)c(OCc3ccc(I)cc3)c(Cl)c2)C(=O)N=C1SCC(=O)NC(c1ccccc1)c1ccccc1. The van der Waals surface area contributed by atoms with Gasteiger partial charge in [0.05, 0.1) is 21.8 Å². The molecule has 0 radical (unpaired) electrons. The molecule has 4 aromatic carbocycles. The summed E-state index contributed by atoms with van der Waals surface area (Å²) in [5.74, 6) is -1.52. The Morgan fingerprint density at radius 3 is 2.16 bits per heavy atom. The van der Waals surface area contributed by atoms with Gasteiger partial charge in [-0.05, 0) is 88.2 Å². The summed E-state index contributed by atoms with van der Waals surface area (Å²) in [6, 6.07) is 29.8. The molecule has 0 aromatic heterocycles. The number of hydrogen-bond donors (Lipinski definition) is 1. The molecule has 0 bridgehead atoms. The fourth-order valence-electron chi connectivity index (χ4n) is 5.10. The highest BCUT2D eigenvalue weighted by Gasteiger charge is 2.35. The number of benzene rings is 4. The topological polar surface area (TPSA) is 88.1 Å². The van der Waals surface area contributed by atoms with E-state index in [4.69, 9.17) is 27.9 Å². The molecule has 1 heterocycles. The van der Waals surface area contributed by atoms with Gasteiger partial charge in [0.2, 0.25) is 5.91 Å². The summed E-state index contributed by atoms with van der Waals surface area (Å²) < 4.78 is 7.01. The van der Waals surface area contributed by atoms with E-state index >= 15 is 0 Å². The Morgan fingerprint density at radius 1 is 0.980 bits per heavy atom. The number of hydrogen-bond acceptors (Lipinski definition) is 5. The molecule has 1 N–H and O–H groups in total. The minimum Gasteiger partial charge on any atom is -0.486 e. The zero-order chi connectivity index (χ0) is 36.3. The summed E-state index contributed by atoms with van der Waals surface area (Å²) in [7, 11) is 0. The van der Waals surface area contributed by atoms with Crippen LogP contribution in [0.1, 0.15) is 35.2 Å². The van der Waals surface area contributed by atoms with Crippen molar-refractivity contribution < 1.29 is 19.1 Å². The standard InChI is InChI=1S/C40H32Cl2IN3O4S/c1-3-5-16-31(4-2)46-39(49)32(21-27-22-33(41)37(34(42)23-27)50-24-26-17-19-30(43)20-18-26)38(48)45-40(46)51-25-35(47)44-36(28-12-8-6-9-13-28)29-14-10-7-11-15-29/h3-23,36H,1,24-25H2,2H3,(H,44,47)/b16-5-,31-4+,32-21+. The number of ether oxygens (including phenoxy) is 1. The molecule has 51 heavy (non-hydrogen) atoms. The van der Waals surface area contributed by atoms with Crippen molar-refractivity contribution >= 4 is 86.5 Å². The quantitative estimate of drug-likeness (QED) is 0.0665. The molecule has 5 rings (SSSR count). The third-order valence-electron chi connectivity index (χ3n) is 7.54. The number of aliphatic imine (C=N–C) groups is 1. The molecule has 0 saturated heterocycles. The Hall–Kier alpha value is -4.42. The highest BCUT2D eigenvalue weighted by atomic mass is 127. The molecule has 258 valence electrons. The molecule has 0 spiro atoms. The van der Waals surface area contributed by atoms with Crippen molar-refractivity contribution in [3.05, 3.63) is 175 Å². The van der Waals surface area contributed by atoms with Gasteiger partial charge in [-0.2, -0.15) is 4.99 Å². The normalized spacial score (nSPS) is 14.3. The maximum Gasteiger partial charge on any atom is 0.285 e. The summed E-state index contributed by atoms with van der Waals surface area (Å²) in [4.78, 5) is 46.5. The van der Waals surface area contributed by atoms with Crippen molar-refractivity contribution in [3.63, 3.8) is 0 Å². The first kappa shape index (κ1) is 37.8. The number of rotatable bonds is 12. The molecular formula is C40H32Cl2IN3O4S. The van der Waals surface area contributed by atoms with Crippen molar-refractivity contribution in [2.75, 3.05) is 5.75 Å². The molecule has 4 aromatic rings. The highest BCUT2D eigenvalue weighted by Crippen LogP contribution is 2.36. The van der Waals surface area contributed by atoms with E-state index in [1.54, 1.807) is 43.4 Å². The van der Waals surface area contributed by atoms with Crippen LogP contribution in [0.15, 0.2) is 144 Å². The summed E-state index contributed by atoms with van der Waals surface area (Å²) in [6.07, 6.45) is 8.00. The van der Waals surface area contributed by atoms with Crippen LogP contribution in [-0.2, 0) is 21.0 Å². The third kappa shape index (κ3) is 9.89. The molecule has 0 aliphatic carbocycles. The van der Waals surface area contributed by atoms with Gasteiger partial charge < -0.3 is 10.1 Å². The Morgan fingerprint density at radius 2 is 1.59 bits per heavy atom. The third-order valence-corrected chi connectivity index (χ3v) is 9.76. The number of halogens is 3. The lowest BCUT2D eigenvalue weighted by Gasteiger charge is -2.28. The fourth-order valence-corrected chi connectivity index (χ4v) is 6.88. The largest absolute Gasteiger partial charge is 0.486 e. The predicted octanol–water partition coefficient (Wildman–Crippen LogP) is 9.57. The summed E-state index contributed by atoms with van der Waals surface area (Å²) >= 11 is 16.3. The fraction of sp³-hybridized carbons (Fsp3) is 0.100. The summed E-state index contributed by atoms with van der Waals surface area (Å²) in [6.45, 7) is 5.72. The lowest BCUT2D eigenvalue weighted by molar-refractivity contribution is -0.126. The summed E-state index contributed by atoms with van der Waals surface area (Å²) in [5, 5.41) is 3.58. The second-order valence-corrected chi connectivity index (χ2v) is 14.0. The molecule has 11 heteroatoms. The van der Waals surface area contributed by atoms with Gasteiger partial charge in [-0.25, -0.2) is 0 Å². The van der Waals surface area contributed by atoms with Crippen LogP contribution in [0, 0.1) is 3.57 Å². The molecule has 0 fully saturated rings. The first-order valence-corrected chi connectivity index (χ1v) is 18.5. The molecule has 0 atom stereocenters. The first-order chi connectivity index (χ1) is 24.7. The lowest BCUT2D eigenvalue weighted by atomic mass is 9.99. The lowest BCUT2D eigenvalue weighted by Crippen LogP contribution is -2.42. The Labute approximate surface area is 324 Å². The number of allylic oxidation sites excluding steroid dienone is 4. The minimum atomic E-state index is -0.764. The first-order valence-electron chi connectivity index (χ1n) is 15.7. The van der Waals surface area contributed by atoms with E-state index in [1.807, 2.05) is 84.9 Å². The van der Waals surface area contributed by atoms with Gasteiger partial charge in [-0.1, -0.05) is 133 Å². The number of carbonyl (C=O) groups is 3. The summed E-state index contributed by atoms with van der Waals surface area (Å²) in [5.41, 5.74) is 3.40. The van der Waals surface area contributed by atoms with Crippen LogP contribution in [0.2, 0.25) is 10.0 Å². The molecule has 3 amide bonds. The number of amidine groups is 1. The van der Waals surface area contributed by atoms with E-state index < -0.39 is 17.9 Å². The molecular weight excluding hydrogens is 816 g/mol. The minimum absolute atomic E-state index is 0.0606. The van der Waals surface area contributed by atoms with Crippen molar-refractivity contribution in [1.29, 1.82) is 0 Å². The second-order valence-electron chi connectivity index (χ2n) is 11.0. The zero-order valence-electron chi connectivity index (χ0n) is 27.4. The van der Waals surface area contributed by atoms with E-state index in [1.165, 1.54) is 11.0 Å². The van der Waals surface area contributed by atoms with Crippen LogP contribution in [0.3, 0.4) is 0 Å². The average molecular weight is 849 g/mol. The zero-order valence-corrected chi connectivity index (χ0v) is 31.9. The van der Waals surface area contributed by atoms with Crippen molar-refractivity contribution in [3.8, 4) is 5.75 Å². The number of nitrogens with one attached hydrogen (secondary N) is 1. The number of amides is 3. The van der Waals surface area contributed by atoms with Gasteiger partial charge in [0, 0.05) is 9.27 Å². The molecule has 1 aliphatic heterocycles. The smallest absolute Gasteiger partial charge is 0.285 e. The van der Waals surface area contributed by atoms with Crippen LogP contribution >= 0.6 is 57.6 Å². The van der Waals surface area contributed by atoms with E-state index in [2.05, 4.69) is 39.5 Å². The van der Waals surface area contributed by atoms with Crippen LogP contribution in [0.5, 0.6) is 5.75 Å². The number of thioether (sulfide) groups is 1. The van der Waals surface area contributed by atoms with Crippen molar-refractivity contribution in [2.24, 2.45) is 4.99 Å². The Kier molecular flexibility index (Phi) is 13.5. The maximum absolute atomic E-state index is 14.1. The molecule has 0 saturated carbocycles. The monoisotopic (exact) mass is 847 g/mol. The maximum atomic E-state index is 14.1. The van der Waals surface area contributed by atoms with Gasteiger partial charge in [0.15, 0.2) is 10.9 Å². The molecule has 0 unspecified atom stereocenters. The molecule has 1 aliphatic rings. The van der Waals surface area contributed by atoms with Crippen LogP contribution in [0.25, 0.3) is 6.08 Å². The van der Waals surface area contributed by atoms with Crippen molar-refractivity contribution in [2.45, 2.75) is 19.6 Å². The van der Waals surface area contributed by atoms with Crippen LogP contribution in [-0.4, -0.2) is 33.5 Å². The van der Waals surface area contributed by atoms with Crippen molar-refractivity contribution in [1.82, 2.24) is 10.2 Å². The van der Waals surface area contributed by atoms with Gasteiger partial charge in [0.1, 0.15) is 12.2 Å². The average Bonchev–Trinajstić information content (AvgIpc) is 3.13. The number of nitrogens with zero attached hydrogens (tertiary/aromatic N) is 2. The van der Waals surface area contributed by atoms with Gasteiger partial charge in [-0.3, -0.25) is 19.3 Å². The van der Waals surface area contributed by atoms with E-state index in [9.17, 15) is 14.4 Å². The van der Waals surface area contributed by atoms with E-state index in [0.717, 1.165) is 32.0 Å². The second kappa shape index (κ2) is 18.2. The molecule has 7 nitrogen and oxygen atoms in total. The highest BCUT2D eigenvalue weighted by molar-refractivity contribution is 14.1. The van der Waals surface area contributed by atoms with Crippen LogP contribution < -0.4 is 10.1 Å². The van der Waals surface area contributed by atoms with Gasteiger partial charge in [-0.15, -0.1) is 0 Å². The van der Waals surface area contributed by atoms with E-state index in [0.29, 0.717) is 11.3 Å². The van der Waals surface area contributed by atoms with Crippen LogP contribution in [0.4, 0.5) is 0 Å². The Balaban J connectivity index is 1.39. The predicted molar refractivity (Wildman–Crippen MR) is 216 cm³/mol. The Bertz CT molecular complexity index is 1990. The van der Waals surface area contributed by atoms with Gasteiger partial charge >= 0.3 is 0 Å². The van der Waals surface area contributed by atoms with Gasteiger partial charge in [0.25, 0.3) is 11.8 Å². The van der Waals surface area contributed by atoms with E-state index in [-0.39, 0.29) is 44.8 Å².